The lowest BCUT2D eigenvalue weighted by Gasteiger charge is -2.19. The number of hydrogen-bond acceptors (Lipinski definition) is 3. The van der Waals surface area contributed by atoms with Crippen LogP contribution < -0.4 is 4.74 Å². The first-order valence-electron chi connectivity index (χ1n) is 6.18. The van der Waals surface area contributed by atoms with Crippen LogP contribution in [0.25, 0.3) is 0 Å². The first-order chi connectivity index (χ1) is 8.01. The molecule has 1 rings (SSSR count). The van der Waals surface area contributed by atoms with Crippen LogP contribution in [0, 0.1) is 19.8 Å². The lowest BCUT2D eigenvalue weighted by Crippen LogP contribution is -2.19. The van der Waals surface area contributed by atoms with Gasteiger partial charge in [0, 0.05) is 23.0 Å². The highest BCUT2D eigenvalue weighted by molar-refractivity contribution is 5.41. The summed E-state index contributed by atoms with van der Waals surface area (Å²) >= 11 is 0. The van der Waals surface area contributed by atoms with E-state index in [1.54, 1.807) is 7.11 Å². The fourth-order valence-electron chi connectivity index (χ4n) is 2.12. The van der Waals surface area contributed by atoms with E-state index in [2.05, 4.69) is 11.9 Å². The Balaban J connectivity index is 2.92. The van der Waals surface area contributed by atoms with Crippen molar-refractivity contribution in [1.82, 2.24) is 4.98 Å². The van der Waals surface area contributed by atoms with E-state index in [1.165, 1.54) is 0 Å². The molecule has 17 heavy (non-hydrogen) atoms. The average Bonchev–Trinajstić information content (AvgIpc) is 2.32. The number of aliphatic hydroxyl groups excluding tert-OH is 1. The molecule has 96 valence electrons. The summed E-state index contributed by atoms with van der Waals surface area (Å²) < 4.78 is 5.38. The molecule has 0 aliphatic heterocycles. The van der Waals surface area contributed by atoms with Gasteiger partial charge in [0.1, 0.15) is 5.75 Å². The van der Waals surface area contributed by atoms with Gasteiger partial charge >= 0.3 is 0 Å². The minimum absolute atomic E-state index is 0.221. The summed E-state index contributed by atoms with van der Waals surface area (Å²) in [6.07, 6.45) is 3.15. The molecule has 0 aromatic carbocycles. The molecule has 0 aliphatic carbocycles. The second-order valence-corrected chi connectivity index (χ2v) is 4.70. The zero-order valence-electron chi connectivity index (χ0n) is 11.4. The fraction of sp³-hybridized carbons (Fsp3) is 0.643. The minimum Gasteiger partial charge on any atom is -0.496 e. The fourth-order valence-corrected chi connectivity index (χ4v) is 2.12. The van der Waals surface area contributed by atoms with Crippen molar-refractivity contribution in [3.8, 4) is 5.75 Å². The number of aliphatic hydroxyl groups is 1. The Morgan fingerprint density at radius 2 is 2.06 bits per heavy atom. The minimum atomic E-state index is -0.261. The second kappa shape index (κ2) is 6.01. The van der Waals surface area contributed by atoms with E-state index in [9.17, 15) is 5.11 Å². The zero-order valence-corrected chi connectivity index (χ0v) is 11.4. The second-order valence-electron chi connectivity index (χ2n) is 4.70. The molecule has 0 aliphatic rings. The summed E-state index contributed by atoms with van der Waals surface area (Å²) in [5.74, 6) is 1.13. The Hall–Kier alpha value is -1.09. The van der Waals surface area contributed by atoms with Gasteiger partial charge in [-0.1, -0.05) is 13.8 Å². The standard InChI is InChI=1S/C14H23NO2/c1-6-13(16)9(2)7-12-11(4)14(17-5)10(3)8-15-12/h8-9,13,16H,6-7H2,1-5H3. The molecular formula is C14H23NO2. The summed E-state index contributed by atoms with van der Waals surface area (Å²) in [7, 11) is 1.68. The quantitative estimate of drug-likeness (QED) is 0.856. The van der Waals surface area contributed by atoms with E-state index in [1.807, 2.05) is 27.0 Å². The van der Waals surface area contributed by atoms with Crippen molar-refractivity contribution in [3.05, 3.63) is 23.0 Å². The lowest BCUT2D eigenvalue weighted by atomic mass is 9.94. The first kappa shape index (κ1) is 14.0. The summed E-state index contributed by atoms with van der Waals surface area (Å²) in [5.41, 5.74) is 3.16. The Morgan fingerprint density at radius 1 is 1.41 bits per heavy atom. The van der Waals surface area contributed by atoms with Gasteiger partial charge < -0.3 is 9.84 Å². The highest BCUT2D eigenvalue weighted by Crippen LogP contribution is 2.26. The molecule has 0 amide bonds. The molecular weight excluding hydrogens is 214 g/mol. The first-order valence-corrected chi connectivity index (χ1v) is 6.18. The molecule has 0 bridgehead atoms. The van der Waals surface area contributed by atoms with Crippen LogP contribution in [0.3, 0.4) is 0 Å². The van der Waals surface area contributed by atoms with Crippen LogP contribution in [-0.4, -0.2) is 23.3 Å². The number of rotatable bonds is 5. The number of nitrogens with zero attached hydrogens (tertiary/aromatic N) is 1. The zero-order chi connectivity index (χ0) is 13.0. The van der Waals surface area contributed by atoms with Crippen molar-refractivity contribution in [3.63, 3.8) is 0 Å². The Labute approximate surface area is 104 Å². The molecule has 3 nitrogen and oxygen atoms in total. The van der Waals surface area contributed by atoms with Gasteiger partial charge in [-0.2, -0.15) is 0 Å². The molecule has 0 radical (unpaired) electrons. The Morgan fingerprint density at radius 3 is 2.59 bits per heavy atom. The number of aryl methyl sites for hydroxylation is 1. The highest BCUT2D eigenvalue weighted by Gasteiger charge is 2.16. The molecule has 0 saturated heterocycles. The van der Waals surface area contributed by atoms with Crippen LogP contribution in [0.15, 0.2) is 6.20 Å². The summed E-state index contributed by atoms with van der Waals surface area (Å²) in [5, 5.41) is 9.80. The number of hydrogen-bond donors (Lipinski definition) is 1. The van der Waals surface area contributed by atoms with Crippen molar-refractivity contribution in [2.75, 3.05) is 7.11 Å². The topological polar surface area (TPSA) is 42.4 Å². The smallest absolute Gasteiger partial charge is 0.128 e. The van der Waals surface area contributed by atoms with E-state index < -0.39 is 0 Å². The van der Waals surface area contributed by atoms with Crippen LogP contribution in [-0.2, 0) is 6.42 Å². The summed E-state index contributed by atoms with van der Waals surface area (Å²) in [6, 6.07) is 0. The van der Waals surface area contributed by atoms with Gasteiger partial charge in [0.15, 0.2) is 0 Å². The monoisotopic (exact) mass is 237 g/mol. The molecule has 1 aromatic heterocycles. The maximum absolute atomic E-state index is 9.80. The van der Waals surface area contributed by atoms with Crippen LogP contribution in [0.4, 0.5) is 0 Å². The largest absolute Gasteiger partial charge is 0.496 e. The van der Waals surface area contributed by atoms with Gasteiger partial charge in [-0.25, -0.2) is 0 Å². The number of aromatic nitrogens is 1. The molecule has 1 aromatic rings. The van der Waals surface area contributed by atoms with Crippen molar-refractivity contribution < 1.29 is 9.84 Å². The van der Waals surface area contributed by atoms with Crippen molar-refractivity contribution >= 4 is 0 Å². The summed E-state index contributed by atoms with van der Waals surface area (Å²) in [6.45, 7) is 8.07. The van der Waals surface area contributed by atoms with E-state index >= 15 is 0 Å². The molecule has 0 saturated carbocycles. The van der Waals surface area contributed by atoms with Crippen LogP contribution >= 0.6 is 0 Å². The predicted molar refractivity (Wildman–Crippen MR) is 69.4 cm³/mol. The van der Waals surface area contributed by atoms with Gasteiger partial charge in [0.2, 0.25) is 0 Å². The molecule has 0 spiro atoms. The number of methoxy groups -OCH3 is 1. The average molecular weight is 237 g/mol. The van der Waals surface area contributed by atoms with Crippen LogP contribution in [0.1, 0.15) is 37.1 Å². The normalized spacial score (nSPS) is 14.5. The van der Waals surface area contributed by atoms with E-state index in [0.29, 0.717) is 0 Å². The summed E-state index contributed by atoms with van der Waals surface area (Å²) in [4.78, 5) is 4.45. The maximum Gasteiger partial charge on any atom is 0.128 e. The molecule has 2 unspecified atom stereocenters. The third-order valence-corrected chi connectivity index (χ3v) is 3.34. The lowest BCUT2D eigenvalue weighted by molar-refractivity contribution is 0.112. The Kier molecular flexibility index (Phi) is 4.94. The van der Waals surface area contributed by atoms with Gasteiger partial charge in [-0.3, -0.25) is 4.98 Å². The van der Waals surface area contributed by atoms with Gasteiger partial charge in [0.25, 0.3) is 0 Å². The third-order valence-electron chi connectivity index (χ3n) is 3.34. The van der Waals surface area contributed by atoms with Gasteiger partial charge in [0.05, 0.1) is 13.2 Å². The predicted octanol–water partition coefficient (Wildman–Crippen LogP) is 2.66. The molecule has 0 fully saturated rings. The van der Waals surface area contributed by atoms with E-state index in [-0.39, 0.29) is 12.0 Å². The molecule has 1 heterocycles. The molecule has 1 N–H and O–H groups in total. The SMILES string of the molecule is CCC(O)C(C)Cc1ncc(C)c(OC)c1C. The van der Waals surface area contributed by atoms with Crippen molar-refractivity contribution in [2.24, 2.45) is 5.92 Å². The van der Waals surface area contributed by atoms with Crippen molar-refractivity contribution in [1.29, 1.82) is 0 Å². The molecule has 2 atom stereocenters. The molecule has 3 heteroatoms. The van der Waals surface area contributed by atoms with Crippen LogP contribution in [0.2, 0.25) is 0 Å². The van der Waals surface area contributed by atoms with Crippen molar-refractivity contribution in [2.45, 2.75) is 46.6 Å². The van der Waals surface area contributed by atoms with Crippen LogP contribution in [0.5, 0.6) is 5.75 Å². The number of pyridine rings is 1. The Bertz CT molecular complexity index is 377. The number of ether oxygens (including phenoxy) is 1. The van der Waals surface area contributed by atoms with Gasteiger partial charge in [-0.05, 0) is 32.6 Å². The van der Waals surface area contributed by atoms with E-state index in [4.69, 9.17) is 4.74 Å². The van der Waals surface area contributed by atoms with Gasteiger partial charge in [-0.15, -0.1) is 0 Å². The highest BCUT2D eigenvalue weighted by atomic mass is 16.5. The third kappa shape index (κ3) is 3.19. The van der Waals surface area contributed by atoms with E-state index in [0.717, 1.165) is 35.4 Å². The maximum atomic E-state index is 9.80.